The molecule has 2 N–H and O–H groups in total. The maximum atomic E-state index is 13.0. The Labute approximate surface area is 160 Å². The van der Waals surface area contributed by atoms with Crippen molar-refractivity contribution < 1.29 is 14.1 Å². The standard InChI is InChI=1S/C20H17N5O3/c1-11-3-2-4-12-5-15(22-17(11)12)19(27)25-9-13-7-20(13,10-25)23-18(26)16-6-14(8-21)24-28-16/h2-6,13,22H,7,9-10H2,1H3,(H,23,26)/t13-,20-/m0/s1. The lowest BCUT2D eigenvalue weighted by Crippen LogP contribution is -2.43. The molecule has 2 atom stereocenters. The fraction of sp³-hybridized carbons (Fsp3) is 0.300. The van der Waals surface area contributed by atoms with Crippen molar-refractivity contribution in [1.29, 1.82) is 5.26 Å². The molecule has 1 aliphatic heterocycles. The van der Waals surface area contributed by atoms with Crippen molar-refractivity contribution in [1.82, 2.24) is 20.4 Å². The smallest absolute Gasteiger partial charge is 0.290 e. The molecule has 1 aromatic carbocycles. The highest BCUT2D eigenvalue weighted by Crippen LogP contribution is 2.50. The van der Waals surface area contributed by atoms with Gasteiger partial charge in [0.1, 0.15) is 11.8 Å². The summed E-state index contributed by atoms with van der Waals surface area (Å²) in [6.07, 6.45) is 0.827. The summed E-state index contributed by atoms with van der Waals surface area (Å²) in [6, 6.07) is 11.0. The maximum absolute atomic E-state index is 13.0. The Morgan fingerprint density at radius 3 is 3.04 bits per heavy atom. The molecule has 1 saturated carbocycles. The van der Waals surface area contributed by atoms with Crippen LogP contribution in [0.1, 0.15) is 38.7 Å². The Morgan fingerprint density at radius 1 is 1.43 bits per heavy atom. The van der Waals surface area contributed by atoms with Crippen LogP contribution in [0.2, 0.25) is 0 Å². The number of carbonyl (C=O) groups excluding carboxylic acids is 2. The van der Waals surface area contributed by atoms with Gasteiger partial charge in [0.15, 0.2) is 5.69 Å². The zero-order chi connectivity index (χ0) is 19.5. The lowest BCUT2D eigenvalue weighted by atomic mass is 10.2. The molecule has 8 nitrogen and oxygen atoms in total. The van der Waals surface area contributed by atoms with Crippen molar-refractivity contribution in [2.45, 2.75) is 18.9 Å². The maximum Gasteiger partial charge on any atom is 0.290 e. The van der Waals surface area contributed by atoms with Crippen molar-refractivity contribution in [3.63, 3.8) is 0 Å². The number of H-pyrrole nitrogens is 1. The Kier molecular flexibility index (Phi) is 3.37. The van der Waals surface area contributed by atoms with E-state index in [1.807, 2.05) is 37.3 Å². The molecule has 3 aromatic rings. The van der Waals surface area contributed by atoms with Crippen LogP contribution in [-0.4, -0.2) is 45.5 Å². The van der Waals surface area contributed by atoms with Crippen molar-refractivity contribution in [2.24, 2.45) is 5.92 Å². The number of para-hydroxylation sites is 1. The first-order valence-corrected chi connectivity index (χ1v) is 9.06. The summed E-state index contributed by atoms with van der Waals surface area (Å²) in [4.78, 5) is 30.4. The topological polar surface area (TPSA) is 115 Å². The van der Waals surface area contributed by atoms with Gasteiger partial charge in [-0.15, -0.1) is 0 Å². The summed E-state index contributed by atoms with van der Waals surface area (Å²) in [5, 5.41) is 16.3. The summed E-state index contributed by atoms with van der Waals surface area (Å²) in [5.74, 6) is -0.243. The number of aryl methyl sites for hydroxylation is 1. The second kappa shape index (κ2) is 5.70. The molecule has 3 heterocycles. The van der Waals surface area contributed by atoms with Gasteiger partial charge in [0, 0.05) is 36.0 Å². The van der Waals surface area contributed by atoms with Gasteiger partial charge in [-0.05, 0) is 25.0 Å². The molecule has 1 saturated heterocycles. The van der Waals surface area contributed by atoms with Gasteiger partial charge in [-0.2, -0.15) is 5.26 Å². The molecule has 0 unspecified atom stereocenters. The van der Waals surface area contributed by atoms with Gasteiger partial charge in [0.25, 0.3) is 11.8 Å². The van der Waals surface area contributed by atoms with Crippen molar-refractivity contribution in [2.75, 3.05) is 13.1 Å². The lowest BCUT2D eigenvalue weighted by molar-refractivity contribution is 0.0752. The van der Waals surface area contributed by atoms with Crippen molar-refractivity contribution in [3.05, 3.63) is 53.0 Å². The third-order valence-electron chi connectivity index (χ3n) is 5.74. The van der Waals surface area contributed by atoms with Crippen LogP contribution in [0, 0.1) is 24.2 Å². The molecule has 2 amide bonds. The molecule has 1 aliphatic carbocycles. The van der Waals surface area contributed by atoms with E-state index in [1.54, 1.807) is 4.90 Å². The molecule has 2 aliphatic rings. The van der Waals surface area contributed by atoms with Crippen molar-refractivity contribution in [3.8, 4) is 6.07 Å². The zero-order valence-electron chi connectivity index (χ0n) is 15.2. The minimum absolute atomic E-state index is 0.00689. The SMILES string of the molecule is Cc1cccc2cc(C(=O)N3C[C@@H]4C[C@]4(NC(=O)c4cc(C#N)no4)C3)[nH]c12. The highest BCUT2D eigenvalue weighted by molar-refractivity contribution is 5.99. The first-order chi connectivity index (χ1) is 13.5. The number of nitriles is 1. The van der Waals surface area contributed by atoms with Crippen LogP contribution in [0.15, 0.2) is 34.9 Å². The average molecular weight is 375 g/mol. The molecule has 0 radical (unpaired) electrons. The molecule has 8 heteroatoms. The Balaban J connectivity index is 1.31. The summed E-state index contributed by atoms with van der Waals surface area (Å²) in [7, 11) is 0. The third-order valence-corrected chi connectivity index (χ3v) is 5.74. The second-order valence-corrected chi connectivity index (χ2v) is 7.61. The predicted molar refractivity (Wildman–Crippen MR) is 98.5 cm³/mol. The van der Waals surface area contributed by atoms with E-state index >= 15 is 0 Å². The number of nitrogens with one attached hydrogen (secondary N) is 2. The first-order valence-electron chi connectivity index (χ1n) is 9.06. The molecular weight excluding hydrogens is 358 g/mol. The normalized spacial score (nSPS) is 22.7. The number of benzene rings is 1. The van der Waals surface area contributed by atoms with E-state index in [9.17, 15) is 9.59 Å². The van der Waals surface area contributed by atoms with Gasteiger partial charge in [-0.25, -0.2) is 0 Å². The summed E-state index contributed by atoms with van der Waals surface area (Å²) >= 11 is 0. The molecular formula is C20H17N5O3. The molecule has 28 heavy (non-hydrogen) atoms. The number of likely N-dealkylation sites (tertiary alicyclic amines) is 1. The minimum Gasteiger partial charge on any atom is -0.350 e. The van der Waals surface area contributed by atoms with Gasteiger partial charge in [-0.1, -0.05) is 23.4 Å². The number of piperidine rings is 1. The van der Waals surface area contributed by atoms with E-state index in [0.29, 0.717) is 18.8 Å². The Morgan fingerprint density at radius 2 is 2.29 bits per heavy atom. The fourth-order valence-electron chi connectivity index (χ4n) is 4.15. The quantitative estimate of drug-likeness (QED) is 0.726. The number of hydrogen-bond acceptors (Lipinski definition) is 5. The largest absolute Gasteiger partial charge is 0.350 e. The second-order valence-electron chi connectivity index (χ2n) is 7.61. The lowest BCUT2D eigenvalue weighted by Gasteiger charge is -2.21. The number of aromatic amines is 1. The summed E-state index contributed by atoms with van der Waals surface area (Å²) < 4.78 is 4.91. The molecule has 2 aromatic heterocycles. The highest BCUT2D eigenvalue weighted by Gasteiger charge is 2.62. The van der Waals surface area contributed by atoms with Crippen LogP contribution in [0.25, 0.3) is 10.9 Å². The van der Waals surface area contributed by atoms with Crippen molar-refractivity contribution >= 4 is 22.7 Å². The number of fused-ring (bicyclic) bond motifs is 2. The number of aromatic nitrogens is 2. The monoisotopic (exact) mass is 375 g/mol. The fourth-order valence-corrected chi connectivity index (χ4v) is 4.15. The van der Waals surface area contributed by atoms with Crippen LogP contribution < -0.4 is 5.32 Å². The van der Waals surface area contributed by atoms with E-state index < -0.39 is 11.4 Å². The zero-order valence-corrected chi connectivity index (χ0v) is 15.2. The average Bonchev–Trinajstić information content (AvgIpc) is 3.14. The molecule has 2 fully saturated rings. The number of nitrogens with zero attached hydrogens (tertiary/aromatic N) is 3. The van der Waals surface area contributed by atoms with Gasteiger partial charge in [0.2, 0.25) is 5.76 Å². The van der Waals surface area contributed by atoms with Crippen LogP contribution in [0.4, 0.5) is 0 Å². The van der Waals surface area contributed by atoms with E-state index in [0.717, 1.165) is 22.9 Å². The minimum atomic E-state index is -0.422. The molecule has 5 rings (SSSR count). The highest BCUT2D eigenvalue weighted by atomic mass is 16.5. The first kappa shape index (κ1) is 16.6. The Hall–Kier alpha value is -3.60. The van der Waals surface area contributed by atoms with Crippen LogP contribution >= 0.6 is 0 Å². The number of carbonyl (C=O) groups is 2. The van der Waals surface area contributed by atoms with E-state index in [1.165, 1.54) is 6.07 Å². The number of rotatable bonds is 3. The number of hydrogen-bond donors (Lipinski definition) is 2. The van der Waals surface area contributed by atoms with Gasteiger partial charge < -0.3 is 19.7 Å². The molecule has 0 spiro atoms. The van der Waals surface area contributed by atoms with Crippen LogP contribution in [-0.2, 0) is 0 Å². The molecule has 140 valence electrons. The van der Waals surface area contributed by atoms with Gasteiger partial charge in [0.05, 0.1) is 5.54 Å². The summed E-state index contributed by atoms with van der Waals surface area (Å²) in [5.41, 5.74) is 2.26. The van der Waals surface area contributed by atoms with E-state index in [2.05, 4.69) is 15.5 Å². The predicted octanol–water partition coefficient (Wildman–Crippen LogP) is 1.98. The van der Waals surface area contributed by atoms with E-state index in [4.69, 9.17) is 9.78 Å². The number of amides is 2. The third kappa shape index (κ3) is 2.47. The van der Waals surface area contributed by atoms with E-state index in [-0.39, 0.29) is 23.3 Å². The molecule has 0 bridgehead atoms. The van der Waals surface area contributed by atoms with Crippen LogP contribution in [0.3, 0.4) is 0 Å². The summed E-state index contributed by atoms with van der Waals surface area (Å²) in [6.45, 7) is 3.06. The van der Waals surface area contributed by atoms with Gasteiger partial charge >= 0.3 is 0 Å². The van der Waals surface area contributed by atoms with Crippen LogP contribution in [0.5, 0.6) is 0 Å². The van der Waals surface area contributed by atoms with Gasteiger partial charge in [-0.3, -0.25) is 9.59 Å². The Bertz CT molecular complexity index is 1170.